The number of nitrogens with one attached hydrogen (secondary N) is 1. The average Bonchev–Trinajstić information content (AvgIpc) is 2.53. The van der Waals surface area contributed by atoms with Crippen molar-refractivity contribution in [2.75, 3.05) is 11.1 Å². The van der Waals surface area contributed by atoms with Gasteiger partial charge in [0, 0.05) is 28.9 Å². The third-order valence-corrected chi connectivity index (χ3v) is 3.94. The smallest absolute Gasteiger partial charge is 0.251 e. The molecule has 124 valence electrons. The first-order valence-corrected chi connectivity index (χ1v) is 7.71. The maximum absolute atomic E-state index is 12.0. The summed E-state index contributed by atoms with van der Waals surface area (Å²) in [5.41, 5.74) is 10.7. The number of aromatic nitrogens is 1. The highest BCUT2D eigenvalue weighted by atomic mass is 32.2. The molecule has 0 bridgehead atoms. The van der Waals surface area contributed by atoms with Crippen LogP contribution in [0.2, 0.25) is 0 Å². The van der Waals surface area contributed by atoms with Gasteiger partial charge >= 0.3 is 0 Å². The highest BCUT2D eigenvalue weighted by molar-refractivity contribution is 7.99. The number of pyridine rings is 1. The molecule has 0 radical (unpaired) electrons. The zero-order chi connectivity index (χ0) is 17.7. The van der Waals surface area contributed by atoms with E-state index in [9.17, 15) is 19.6 Å². The fourth-order valence-electron chi connectivity index (χ4n) is 1.85. The predicted molar refractivity (Wildman–Crippen MR) is 88.2 cm³/mol. The van der Waals surface area contributed by atoms with Gasteiger partial charge < -0.3 is 22.0 Å². The molecule has 1 heterocycles. The van der Waals surface area contributed by atoms with Crippen LogP contribution in [-0.2, 0) is 4.79 Å². The minimum Gasteiger partial charge on any atom is -0.618 e. The van der Waals surface area contributed by atoms with Gasteiger partial charge in [0.1, 0.15) is 0 Å². The molecule has 1 aromatic carbocycles. The van der Waals surface area contributed by atoms with Gasteiger partial charge in [-0.15, -0.1) is 0 Å². The topological polar surface area (TPSA) is 142 Å². The Labute approximate surface area is 141 Å². The monoisotopic (exact) mass is 346 g/mol. The number of rotatable bonds is 6. The van der Waals surface area contributed by atoms with Crippen molar-refractivity contribution in [3.05, 3.63) is 58.9 Å². The summed E-state index contributed by atoms with van der Waals surface area (Å²) in [6.45, 7) is 0. The molecule has 0 aliphatic heterocycles. The van der Waals surface area contributed by atoms with Crippen molar-refractivity contribution < 1.29 is 19.1 Å². The number of nitrogens with zero attached hydrogens (tertiary/aromatic N) is 1. The molecular weight excluding hydrogens is 332 g/mol. The molecule has 0 saturated carbocycles. The third kappa shape index (κ3) is 4.46. The lowest BCUT2D eigenvalue weighted by molar-refractivity contribution is -0.645. The molecule has 0 spiro atoms. The molecule has 24 heavy (non-hydrogen) atoms. The van der Waals surface area contributed by atoms with Crippen LogP contribution in [0.1, 0.15) is 20.7 Å². The van der Waals surface area contributed by atoms with Crippen LogP contribution in [-0.4, -0.2) is 23.5 Å². The number of hydrogen-bond donors (Lipinski definition) is 3. The Morgan fingerprint density at radius 1 is 1.08 bits per heavy atom. The van der Waals surface area contributed by atoms with Crippen LogP contribution >= 0.6 is 11.8 Å². The summed E-state index contributed by atoms with van der Waals surface area (Å²) < 4.78 is 0.650. The van der Waals surface area contributed by atoms with Crippen LogP contribution in [0.5, 0.6) is 0 Å². The Morgan fingerprint density at radius 3 is 2.25 bits per heavy atom. The lowest BCUT2D eigenvalue weighted by Crippen LogP contribution is -2.28. The zero-order valence-electron chi connectivity index (χ0n) is 12.4. The minimum absolute atomic E-state index is 0.0288. The van der Waals surface area contributed by atoms with E-state index in [2.05, 4.69) is 5.32 Å². The van der Waals surface area contributed by atoms with Gasteiger partial charge in [-0.2, -0.15) is 4.73 Å². The van der Waals surface area contributed by atoms with E-state index in [-0.39, 0.29) is 22.6 Å². The summed E-state index contributed by atoms with van der Waals surface area (Å²) in [6.07, 6.45) is 1.33. The Hall–Kier alpha value is -3.07. The van der Waals surface area contributed by atoms with Crippen molar-refractivity contribution in [2.45, 2.75) is 5.03 Å². The maximum Gasteiger partial charge on any atom is 0.251 e. The number of benzene rings is 1. The van der Waals surface area contributed by atoms with Crippen molar-refractivity contribution >= 4 is 35.2 Å². The zero-order valence-corrected chi connectivity index (χ0v) is 13.2. The van der Waals surface area contributed by atoms with Crippen LogP contribution in [0.25, 0.3) is 0 Å². The number of amides is 3. The largest absolute Gasteiger partial charge is 0.618 e. The van der Waals surface area contributed by atoms with Crippen LogP contribution in [0.3, 0.4) is 0 Å². The van der Waals surface area contributed by atoms with Crippen molar-refractivity contribution in [3.8, 4) is 0 Å². The van der Waals surface area contributed by atoms with Gasteiger partial charge in [0.25, 0.3) is 5.03 Å². The Morgan fingerprint density at radius 2 is 1.71 bits per heavy atom. The SMILES string of the molecule is NC(=O)c1cc(NC(=O)CSc2cccc[n+]2[O-])cc(C(N)=O)c1. The molecule has 2 aromatic rings. The Kier molecular flexibility index (Phi) is 5.38. The van der Waals surface area contributed by atoms with Crippen LogP contribution in [0, 0.1) is 5.21 Å². The highest BCUT2D eigenvalue weighted by Gasteiger charge is 2.13. The minimum atomic E-state index is -0.750. The van der Waals surface area contributed by atoms with Crippen molar-refractivity contribution in [1.82, 2.24) is 0 Å². The second-order valence-corrected chi connectivity index (χ2v) is 5.72. The lowest BCUT2D eigenvalue weighted by Gasteiger charge is -2.08. The van der Waals surface area contributed by atoms with Gasteiger partial charge in [-0.1, -0.05) is 0 Å². The van der Waals surface area contributed by atoms with Gasteiger partial charge in [-0.3, -0.25) is 14.4 Å². The first kappa shape index (κ1) is 17.3. The molecule has 3 amide bonds. The van der Waals surface area contributed by atoms with E-state index in [1.807, 2.05) is 0 Å². The standard InChI is InChI=1S/C15H14N4O4S/c16-14(21)9-5-10(15(17)22)7-11(6-9)18-12(20)8-24-13-3-1-2-4-19(13)23/h1-7H,8H2,(H2,16,21)(H2,17,22)(H,18,20). The van der Waals surface area contributed by atoms with Gasteiger partial charge in [-0.25, -0.2) is 0 Å². The van der Waals surface area contributed by atoms with Crippen LogP contribution in [0.4, 0.5) is 5.69 Å². The van der Waals surface area contributed by atoms with Gasteiger partial charge in [0.05, 0.1) is 5.75 Å². The van der Waals surface area contributed by atoms with Gasteiger partial charge in [-0.05, 0) is 36.0 Å². The predicted octanol–water partition coefficient (Wildman–Crippen LogP) is 0.249. The van der Waals surface area contributed by atoms with E-state index in [4.69, 9.17) is 11.5 Å². The van der Waals surface area contributed by atoms with Gasteiger partial charge in [0.2, 0.25) is 17.7 Å². The molecule has 0 unspecified atom stereocenters. The summed E-state index contributed by atoms with van der Waals surface area (Å²) in [5, 5.41) is 14.4. The van der Waals surface area contributed by atoms with Gasteiger partial charge in [0.15, 0.2) is 6.20 Å². The normalized spacial score (nSPS) is 10.2. The average molecular weight is 346 g/mol. The van der Waals surface area contributed by atoms with E-state index >= 15 is 0 Å². The second-order valence-electron chi connectivity index (χ2n) is 4.73. The van der Waals surface area contributed by atoms with E-state index in [0.717, 1.165) is 11.8 Å². The summed E-state index contributed by atoms with van der Waals surface area (Å²) in [7, 11) is 0. The number of thioether (sulfide) groups is 1. The van der Waals surface area contributed by atoms with E-state index < -0.39 is 17.7 Å². The van der Waals surface area contributed by atoms with E-state index in [0.29, 0.717) is 9.76 Å². The first-order chi connectivity index (χ1) is 11.4. The Balaban J connectivity index is 2.09. The number of carbonyl (C=O) groups is 3. The maximum atomic E-state index is 12.0. The summed E-state index contributed by atoms with van der Waals surface area (Å²) in [4.78, 5) is 34.5. The van der Waals surface area contributed by atoms with Crippen molar-refractivity contribution in [3.63, 3.8) is 0 Å². The van der Waals surface area contributed by atoms with Crippen molar-refractivity contribution in [2.24, 2.45) is 11.5 Å². The summed E-state index contributed by atoms with van der Waals surface area (Å²) in [5.74, 6) is -1.95. The molecule has 1 aromatic heterocycles. The number of nitrogens with two attached hydrogens (primary N) is 2. The van der Waals surface area contributed by atoms with Crippen molar-refractivity contribution in [1.29, 1.82) is 0 Å². The molecule has 0 aliphatic carbocycles. The Bertz CT molecular complexity index is 778. The van der Waals surface area contributed by atoms with Crippen LogP contribution in [0.15, 0.2) is 47.6 Å². The number of carbonyl (C=O) groups excluding carboxylic acids is 3. The molecule has 2 rings (SSSR count). The second kappa shape index (κ2) is 7.47. The highest BCUT2D eigenvalue weighted by Crippen LogP contribution is 2.17. The number of anilines is 1. The fraction of sp³-hybridized carbons (Fsp3) is 0.0667. The molecule has 5 N–H and O–H groups in total. The van der Waals surface area contributed by atoms with Crippen LogP contribution < -0.4 is 21.5 Å². The molecule has 0 saturated heterocycles. The van der Waals surface area contributed by atoms with E-state index in [1.165, 1.54) is 24.4 Å². The fourth-order valence-corrected chi connectivity index (χ4v) is 2.56. The third-order valence-electron chi connectivity index (χ3n) is 2.93. The number of hydrogen-bond acceptors (Lipinski definition) is 5. The number of primary amides is 2. The molecule has 9 heteroatoms. The molecule has 8 nitrogen and oxygen atoms in total. The summed E-state index contributed by atoms with van der Waals surface area (Å²) in [6, 6.07) is 8.78. The quantitative estimate of drug-likeness (QED) is 0.390. The molecule has 0 aliphatic rings. The lowest BCUT2D eigenvalue weighted by atomic mass is 10.1. The molecular formula is C15H14N4O4S. The summed E-state index contributed by atoms with van der Waals surface area (Å²) >= 11 is 1.05. The molecule has 0 atom stereocenters. The molecule has 0 fully saturated rings. The van der Waals surface area contributed by atoms with E-state index in [1.54, 1.807) is 18.2 Å². The first-order valence-electron chi connectivity index (χ1n) is 6.72.